The molecule has 1 saturated heterocycles. The van der Waals surface area contributed by atoms with Gasteiger partial charge in [-0.3, -0.25) is 28.9 Å². The molecular weight excluding hydrogens is 789 g/mol. The normalized spacial score (nSPS) is 18.3. The van der Waals surface area contributed by atoms with Crippen LogP contribution in [0.15, 0.2) is 30.5 Å². The number of benzene rings is 1. The second-order valence-electron chi connectivity index (χ2n) is 18.2. The average Bonchev–Trinajstić information content (AvgIpc) is 3.89. The van der Waals surface area contributed by atoms with E-state index in [2.05, 4.69) is 20.5 Å². The highest BCUT2D eigenvalue weighted by Crippen LogP contribution is 2.30. The molecule has 0 spiro atoms. The molecule has 0 aliphatic carbocycles. The average molecular weight is 869 g/mol. The van der Waals surface area contributed by atoms with E-state index in [1.54, 1.807) is 30.9 Å². The van der Waals surface area contributed by atoms with Gasteiger partial charge in [0.15, 0.2) is 0 Å². The smallest absolute Gasteiger partial charge is 0.245 e. The number of amides is 5. The van der Waals surface area contributed by atoms with Crippen molar-refractivity contribution >= 4 is 40.4 Å². The summed E-state index contributed by atoms with van der Waals surface area (Å²) in [6, 6.07) is 4.67. The Morgan fingerprint density at radius 1 is 0.919 bits per heavy atom. The van der Waals surface area contributed by atoms with Crippen LogP contribution in [-0.4, -0.2) is 140 Å². The number of carbonyl (C=O) groups is 5. The van der Waals surface area contributed by atoms with Gasteiger partial charge in [-0.15, -0.1) is 0 Å². The Morgan fingerprint density at radius 2 is 1.60 bits per heavy atom. The second-order valence-corrected chi connectivity index (χ2v) is 18.2. The lowest BCUT2D eigenvalue weighted by molar-refractivity contribution is -0.148. The first kappa shape index (κ1) is 52.3. The van der Waals surface area contributed by atoms with Gasteiger partial charge in [0.2, 0.25) is 29.5 Å². The number of para-hydroxylation sites is 1. The van der Waals surface area contributed by atoms with Crippen LogP contribution in [0.5, 0.6) is 0 Å². The maximum Gasteiger partial charge on any atom is 0.245 e. The first-order valence-corrected chi connectivity index (χ1v) is 22.9. The highest BCUT2D eigenvalue weighted by Gasteiger charge is 2.43. The van der Waals surface area contributed by atoms with E-state index < -0.39 is 60.1 Å². The molecule has 1 fully saturated rings. The molecule has 350 valence electrons. The molecule has 1 aliphatic heterocycles. The zero-order chi connectivity index (χ0) is 46.3. The van der Waals surface area contributed by atoms with Gasteiger partial charge in [0.1, 0.15) is 12.1 Å². The Hall–Kier alpha value is -4.05. The molecule has 15 heteroatoms. The number of likely N-dealkylation sites (N-methyl/N-ethyl adjacent to an activating group) is 2. The van der Waals surface area contributed by atoms with E-state index in [0.717, 1.165) is 61.5 Å². The fourth-order valence-electron chi connectivity index (χ4n) is 9.33. The van der Waals surface area contributed by atoms with Crippen molar-refractivity contribution in [1.82, 2.24) is 30.3 Å². The first-order valence-electron chi connectivity index (χ1n) is 22.9. The summed E-state index contributed by atoms with van der Waals surface area (Å²) in [6.45, 7) is 15.6. The van der Waals surface area contributed by atoms with Crippen molar-refractivity contribution in [3.8, 4) is 0 Å². The van der Waals surface area contributed by atoms with Gasteiger partial charge in [0.25, 0.3) is 0 Å². The number of carbonyl (C=O) groups excluding carboxylic acids is 5. The van der Waals surface area contributed by atoms with E-state index in [4.69, 9.17) is 20.9 Å². The van der Waals surface area contributed by atoms with Gasteiger partial charge in [-0.05, 0) is 75.2 Å². The Labute approximate surface area is 371 Å². The number of ether oxygens (including phenoxy) is 2. The number of nitrogens with zero attached hydrogens (tertiary/aromatic N) is 3. The molecule has 9 atom stereocenters. The lowest BCUT2D eigenvalue weighted by Crippen LogP contribution is -2.60. The number of nitrogens with one attached hydrogen (secondary N) is 3. The molecule has 15 nitrogen and oxygen atoms in total. The van der Waals surface area contributed by atoms with Crippen molar-refractivity contribution in [2.45, 2.75) is 149 Å². The zero-order valence-electron chi connectivity index (χ0n) is 39.6. The summed E-state index contributed by atoms with van der Waals surface area (Å²) in [5.41, 5.74) is 13.2. The quantitative estimate of drug-likeness (QED) is 0.0815. The summed E-state index contributed by atoms with van der Waals surface area (Å²) >= 11 is 0. The molecule has 2 heterocycles. The zero-order valence-corrected chi connectivity index (χ0v) is 39.6. The number of H-pyrrole nitrogens is 1. The van der Waals surface area contributed by atoms with Crippen LogP contribution < -0.4 is 22.1 Å². The van der Waals surface area contributed by atoms with Crippen molar-refractivity contribution in [1.29, 1.82) is 0 Å². The van der Waals surface area contributed by atoms with Crippen molar-refractivity contribution in [3.05, 3.63) is 36.0 Å². The minimum Gasteiger partial charge on any atom is -0.379 e. The van der Waals surface area contributed by atoms with Crippen molar-refractivity contribution in [2.75, 3.05) is 47.9 Å². The summed E-state index contributed by atoms with van der Waals surface area (Å²) < 4.78 is 12.0. The van der Waals surface area contributed by atoms with Crippen LogP contribution >= 0.6 is 0 Å². The number of hydrogen-bond donors (Lipinski definition) is 5. The number of hydrogen-bond acceptors (Lipinski definition) is 9. The third-order valence-electron chi connectivity index (χ3n) is 13.1. The number of methoxy groups -OCH3 is 2. The molecule has 0 bridgehead atoms. The molecule has 3 rings (SSSR count). The molecule has 62 heavy (non-hydrogen) atoms. The fourth-order valence-corrected chi connectivity index (χ4v) is 9.33. The van der Waals surface area contributed by atoms with Crippen LogP contribution in [0.25, 0.3) is 10.9 Å². The Kier molecular flexibility index (Phi) is 21.3. The molecule has 2 aromatic rings. The molecule has 5 amide bonds. The molecule has 1 aromatic heterocycles. The number of primary amides is 1. The summed E-state index contributed by atoms with van der Waals surface area (Å²) in [7, 11) is 6.79. The third-order valence-corrected chi connectivity index (χ3v) is 13.1. The number of nitrogens with two attached hydrogens (primary N) is 2. The first-order chi connectivity index (χ1) is 29.4. The Bertz CT molecular complexity index is 1730. The van der Waals surface area contributed by atoms with E-state index in [1.807, 2.05) is 79.1 Å². The standard InChI is InChI=1S/C47H80N8O7/c1-12-31(6)42(54(9)47(60)40(29(2)3)52-46(59)41(30(4)5)53(8)24-18-14-13-17-23-48)38(61-10)27-39(56)55-25-19-22-37(55)43(62-11)32(7)45(58)51-36(44(49)57)26-33-28-50-35-21-16-15-20-34(33)35/h15-16,20-21,28-32,36-38,40-43,50H,12-14,17-19,22-27,48H2,1-11H3,(H2,49,57)(H,51,58)(H,52,59)/t31-,32+,36-,37-,38+,40-,41-,42?,43+/m0/s1. The largest absolute Gasteiger partial charge is 0.379 e. The number of aromatic amines is 1. The monoisotopic (exact) mass is 869 g/mol. The minimum atomic E-state index is -0.953. The molecule has 7 N–H and O–H groups in total. The van der Waals surface area contributed by atoms with Gasteiger partial charge >= 0.3 is 0 Å². The number of likely N-dealkylation sites (tertiary alicyclic amines) is 1. The second kappa shape index (κ2) is 25.3. The molecule has 1 aliphatic rings. The molecule has 0 saturated carbocycles. The van der Waals surface area contributed by atoms with Gasteiger partial charge in [0, 0.05) is 51.3 Å². The topological polar surface area (TPSA) is 205 Å². The van der Waals surface area contributed by atoms with E-state index >= 15 is 0 Å². The number of fused-ring (bicyclic) bond motifs is 1. The number of unbranched alkanes of at least 4 members (excludes halogenated alkanes) is 3. The van der Waals surface area contributed by atoms with Crippen LogP contribution in [0.4, 0.5) is 0 Å². The van der Waals surface area contributed by atoms with Crippen LogP contribution in [0.3, 0.4) is 0 Å². The summed E-state index contributed by atoms with van der Waals surface area (Å²) in [4.78, 5) is 78.0. The van der Waals surface area contributed by atoms with Gasteiger partial charge in [-0.25, -0.2) is 0 Å². The van der Waals surface area contributed by atoms with Crippen LogP contribution in [0, 0.1) is 23.7 Å². The predicted octanol–water partition coefficient (Wildman–Crippen LogP) is 4.22. The maximum atomic E-state index is 14.5. The van der Waals surface area contributed by atoms with E-state index in [1.165, 1.54) is 7.11 Å². The van der Waals surface area contributed by atoms with Crippen LogP contribution in [0.2, 0.25) is 0 Å². The van der Waals surface area contributed by atoms with E-state index in [9.17, 15) is 24.0 Å². The molecule has 1 unspecified atom stereocenters. The Morgan fingerprint density at radius 3 is 2.19 bits per heavy atom. The third kappa shape index (κ3) is 13.7. The predicted molar refractivity (Wildman–Crippen MR) is 245 cm³/mol. The van der Waals surface area contributed by atoms with Crippen molar-refractivity contribution < 1.29 is 33.4 Å². The molecule has 0 radical (unpaired) electrons. The van der Waals surface area contributed by atoms with Crippen LogP contribution in [-0.2, 0) is 39.9 Å². The lowest BCUT2D eigenvalue weighted by Gasteiger charge is -2.41. The van der Waals surface area contributed by atoms with Crippen molar-refractivity contribution in [3.63, 3.8) is 0 Å². The van der Waals surface area contributed by atoms with Gasteiger partial charge < -0.3 is 46.4 Å². The molecular formula is C47H80N8O7. The highest BCUT2D eigenvalue weighted by molar-refractivity contribution is 5.91. The van der Waals surface area contributed by atoms with Crippen molar-refractivity contribution in [2.24, 2.45) is 35.1 Å². The Balaban J connectivity index is 1.76. The minimum absolute atomic E-state index is 0.00475. The van der Waals surface area contributed by atoms with Gasteiger partial charge in [0.05, 0.1) is 42.7 Å². The van der Waals surface area contributed by atoms with E-state index in [-0.39, 0.29) is 48.3 Å². The maximum absolute atomic E-state index is 14.5. The number of aromatic nitrogens is 1. The summed E-state index contributed by atoms with van der Waals surface area (Å²) in [5.74, 6) is -2.60. The fraction of sp³-hybridized carbons (Fsp3) is 0.723. The van der Waals surface area contributed by atoms with Gasteiger partial charge in [-0.1, -0.05) is 85.9 Å². The van der Waals surface area contributed by atoms with E-state index in [0.29, 0.717) is 19.5 Å². The summed E-state index contributed by atoms with van der Waals surface area (Å²) in [6.07, 6.45) is 6.81. The summed E-state index contributed by atoms with van der Waals surface area (Å²) in [5, 5.41) is 6.93. The van der Waals surface area contributed by atoms with Gasteiger partial charge in [-0.2, -0.15) is 0 Å². The number of rotatable bonds is 27. The SMILES string of the molecule is CC[C@H](C)C([C@@H](CC(=O)N1CCC[C@H]1[C@H](OC)[C@@H](C)C(=O)N[C@@H](Cc1c[nH]c2ccccc12)C(N)=O)OC)N(C)C(=O)[C@@H](NC(=O)[C@H](C(C)C)N(C)CCCCCCN)C(C)C. The van der Waals surface area contributed by atoms with Crippen LogP contribution in [0.1, 0.15) is 105 Å². The highest BCUT2D eigenvalue weighted by atomic mass is 16.5. The molecule has 1 aromatic carbocycles. The lowest BCUT2D eigenvalue weighted by atomic mass is 9.89.